The van der Waals surface area contributed by atoms with E-state index in [4.69, 9.17) is 4.74 Å². The highest BCUT2D eigenvalue weighted by molar-refractivity contribution is 5.90. The van der Waals surface area contributed by atoms with Crippen LogP contribution in [-0.4, -0.2) is 15.7 Å². The minimum atomic E-state index is -0.0438. The molecule has 1 heterocycles. The van der Waals surface area contributed by atoms with Gasteiger partial charge >= 0.3 is 0 Å². The summed E-state index contributed by atoms with van der Waals surface area (Å²) >= 11 is 0. The topological polar surface area (TPSA) is 56.1 Å². The molecule has 2 aromatic carbocycles. The van der Waals surface area contributed by atoms with Crippen LogP contribution < -0.4 is 10.1 Å². The van der Waals surface area contributed by atoms with Gasteiger partial charge < -0.3 is 10.1 Å². The quantitative estimate of drug-likeness (QED) is 0.746. The molecular formula is C19H19N3O2. The van der Waals surface area contributed by atoms with Gasteiger partial charge in [-0.3, -0.25) is 9.48 Å². The zero-order valence-electron chi connectivity index (χ0n) is 13.5. The van der Waals surface area contributed by atoms with Crippen molar-refractivity contribution in [1.29, 1.82) is 0 Å². The van der Waals surface area contributed by atoms with Gasteiger partial charge in [-0.2, -0.15) is 5.10 Å². The molecule has 0 saturated heterocycles. The number of anilines is 1. The van der Waals surface area contributed by atoms with Crippen molar-refractivity contribution in [2.45, 2.75) is 19.9 Å². The number of benzene rings is 2. The van der Waals surface area contributed by atoms with Crippen molar-refractivity contribution >= 4 is 11.6 Å². The van der Waals surface area contributed by atoms with Crippen LogP contribution in [0.4, 0.5) is 5.69 Å². The lowest BCUT2D eigenvalue weighted by molar-refractivity contribution is -0.116. The first-order valence-electron chi connectivity index (χ1n) is 7.81. The van der Waals surface area contributed by atoms with E-state index >= 15 is 0 Å². The lowest BCUT2D eigenvalue weighted by Gasteiger charge is -2.08. The third-order valence-electron chi connectivity index (χ3n) is 3.52. The summed E-state index contributed by atoms with van der Waals surface area (Å²) in [5.41, 5.74) is 1.94. The average Bonchev–Trinajstić information content (AvgIpc) is 3.10. The molecule has 5 heteroatoms. The molecule has 5 nitrogen and oxygen atoms in total. The Kier molecular flexibility index (Phi) is 4.91. The highest BCUT2D eigenvalue weighted by atomic mass is 16.5. The Hall–Kier alpha value is -3.08. The standard InChI is InChI=1S/C19H19N3O2/c1-15-3-7-17(8-4-15)24-18-9-5-16(6-10-18)21-19(23)11-14-22-13-2-12-20-22/h2-10,12-13H,11,14H2,1H3,(H,21,23). The molecule has 3 rings (SSSR count). The molecule has 122 valence electrons. The monoisotopic (exact) mass is 321 g/mol. The van der Waals surface area contributed by atoms with E-state index in [9.17, 15) is 4.79 Å². The highest BCUT2D eigenvalue weighted by Crippen LogP contribution is 2.23. The van der Waals surface area contributed by atoms with Crippen molar-refractivity contribution < 1.29 is 9.53 Å². The number of rotatable bonds is 6. The molecule has 0 spiro atoms. The van der Waals surface area contributed by atoms with Crippen LogP contribution in [0.5, 0.6) is 11.5 Å². The highest BCUT2D eigenvalue weighted by Gasteiger charge is 2.04. The molecule has 3 aromatic rings. The molecule has 1 N–H and O–H groups in total. The molecule has 0 radical (unpaired) electrons. The van der Waals surface area contributed by atoms with Crippen molar-refractivity contribution in [3.63, 3.8) is 0 Å². The molecule has 1 aromatic heterocycles. The van der Waals surface area contributed by atoms with Crippen LogP contribution in [0.1, 0.15) is 12.0 Å². The van der Waals surface area contributed by atoms with Crippen LogP contribution in [0, 0.1) is 6.92 Å². The number of ether oxygens (including phenoxy) is 1. The van der Waals surface area contributed by atoms with Crippen LogP contribution in [-0.2, 0) is 11.3 Å². The molecule has 0 bridgehead atoms. The summed E-state index contributed by atoms with van der Waals surface area (Å²) in [6, 6.07) is 17.0. The minimum Gasteiger partial charge on any atom is -0.457 e. The van der Waals surface area contributed by atoms with Crippen molar-refractivity contribution in [1.82, 2.24) is 9.78 Å². The fraction of sp³-hybridized carbons (Fsp3) is 0.158. The van der Waals surface area contributed by atoms with Crippen molar-refractivity contribution in [2.24, 2.45) is 0 Å². The zero-order valence-corrected chi connectivity index (χ0v) is 13.5. The normalized spacial score (nSPS) is 10.4. The second-order valence-electron chi connectivity index (χ2n) is 5.51. The second kappa shape index (κ2) is 7.46. The molecule has 0 aliphatic rings. The number of carbonyl (C=O) groups is 1. The van der Waals surface area contributed by atoms with Gasteiger partial charge in [-0.25, -0.2) is 0 Å². The number of carbonyl (C=O) groups excluding carboxylic acids is 1. The van der Waals surface area contributed by atoms with E-state index in [0.717, 1.165) is 17.2 Å². The number of nitrogens with one attached hydrogen (secondary N) is 1. The van der Waals surface area contributed by atoms with Crippen molar-refractivity contribution in [3.8, 4) is 11.5 Å². The summed E-state index contributed by atoms with van der Waals surface area (Å²) in [7, 11) is 0. The maximum absolute atomic E-state index is 11.9. The minimum absolute atomic E-state index is 0.0438. The molecule has 24 heavy (non-hydrogen) atoms. The van der Waals surface area contributed by atoms with Crippen LogP contribution in [0.25, 0.3) is 0 Å². The summed E-state index contributed by atoms with van der Waals surface area (Å²) in [6.07, 6.45) is 3.92. The third-order valence-corrected chi connectivity index (χ3v) is 3.52. The Bertz CT molecular complexity index is 778. The summed E-state index contributed by atoms with van der Waals surface area (Å²) in [6.45, 7) is 2.60. The van der Waals surface area contributed by atoms with E-state index in [0.29, 0.717) is 13.0 Å². The number of aryl methyl sites for hydroxylation is 2. The zero-order chi connectivity index (χ0) is 16.8. The summed E-state index contributed by atoms with van der Waals surface area (Å²) in [4.78, 5) is 11.9. The fourth-order valence-electron chi connectivity index (χ4n) is 2.22. The fourth-order valence-corrected chi connectivity index (χ4v) is 2.22. The van der Waals surface area contributed by atoms with Crippen LogP contribution in [0.15, 0.2) is 67.0 Å². The van der Waals surface area contributed by atoms with Gasteiger partial charge in [0, 0.05) is 31.0 Å². The first-order valence-corrected chi connectivity index (χ1v) is 7.81. The van der Waals surface area contributed by atoms with Crippen molar-refractivity contribution in [2.75, 3.05) is 5.32 Å². The molecule has 0 atom stereocenters. The molecule has 0 saturated carbocycles. The molecule has 0 fully saturated rings. The van der Waals surface area contributed by atoms with Gasteiger partial charge in [-0.15, -0.1) is 0 Å². The lowest BCUT2D eigenvalue weighted by atomic mass is 10.2. The molecule has 0 aliphatic carbocycles. The van der Waals surface area contributed by atoms with Gasteiger partial charge in [-0.05, 0) is 49.4 Å². The van der Waals surface area contributed by atoms with E-state index in [1.165, 1.54) is 5.56 Å². The van der Waals surface area contributed by atoms with Crippen LogP contribution in [0.2, 0.25) is 0 Å². The van der Waals surface area contributed by atoms with Gasteiger partial charge in [0.05, 0.1) is 0 Å². The maximum atomic E-state index is 11.9. The van der Waals surface area contributed by atoms with Gasteiger partial charge in [0.2, 0.25) is 5.91 Å². The van der Waals surface area contributed by atoms with E-state index in [-0.39, 0.29) is 5.91 Å². The van der Waals surface area contributed by atoms with Crippen LogP contribution >= 0.6 is 0 Å². The predicted octanol–water partition coefficient (Wildman–Crippen LogP) is 4.01. The first-order chi connectivity index (χ1) is 11.7. The number of hydrogen-bond acceptors (Lipinski definition) is 3. The van der Waals surface area contributed by atoms with Crippen molar-refractivity contribution in [3.05, 3.63) is 72.6 Å². The van der Waals surface area contributed by atoms with Crippen LogP contribution in [0.3, 0.4) is 0 Å². The second-order valence-corrected chi connectivity index (χ2v) is 5.51. The first kappa shape index (κ1) is 15.8. The molecule has 1 amide bonds. The molecule has 0 unspecified atom stereocenters. The predicted molar refractivity (Wildman–Crippen MR) is 93.2 cm³/mol. The average molecular weight is 321 g/mol. The Morgan fingerprint density at radius 3 is 2.38 bits per heavy atom. The maximum Gasteiger partial charge on any atom is 0.226 e. The Morgan fingerprint density at radius 1 is 1.08 bits per heavy atom. The summed E-state index contributed by atoms with van der Waals surface area (Å²) in [5.74, 6) is 1.47. The molecule has 0 aliphatic heterocycles. The number of aromatic nitrogens is 2. The largest absolute Gasteiger partial charge is 0.457 e. The van der Waals surface area contributed by atoms with E-state index in [1.807, 2.05) is 67.7 Å². The van der Waals surface area contributed by atoms with Gasteiger partial charge in [0.25, 0.3) is 0 Å². The van der Waals surface area contributed by atoms with Gasteiger partial charge in [-0.1, -0.05) is 17.7 Å². The van der Waals surface area contributed by atoms with Gasteiger partial charge in [0.1, 0.15) is 11.5 Å². The Balaban J connectivity index is 1.52. The smallest absolute Gasteiger partial charge is 0.226 e. The lowest BCUT2D eigenvalue weighted by Crippen LogP contribution is -2.14. The van der Waals surface area contributed by atoms with E-state index in [1.54, 1.807) is 10.9 Å². The molecular weight excluding hydrogens is 302 g/mol. The SMILES string of the molecule is Cc1ccc(Oc2ccc(NC(=O)CCn3cccn3)cc2)cc1. The number of nitrogens with zero attached hydrogens (tertiary/aromatic N) is 2. The van der Waals surface area contributed by atoms with E-state index < -0.39 is 0 Å². The van der Waals surface area contributed by atoms with E-state index in [2.05, 4.69) is 10.4 Å². The Morgan fingerprint density at radius 2 is 1.75 bits per heavy atom. The summed E-state index contributed by atoms with van der Waals surface area (Å²) < 4.78 is 7.50. The van der Waals surface area contributed by atoms with Gasteiger partial charge in [0.15, 0.2) is 0 Å². The Labute approximate surface area is 140 Å². The number of amides is 1. The summed E-state index contributed by atoms with van der Waals surface area (Å²) in [5, 5.41) is 6.94. The number of hydrogen-bond donors (Lipinski definition) is 1. The third kappa shape index (κ3) is 4.46.